The Bertz CT molecular complexity index is 652. The summed E-state index contributed by atoms with van der Waals surface area (Å²) in [7, 11) is 0. The van der Waals surface area contributed by atoms with Crippen molar-refractivity contribution in [3.8, 4) is 0 Å². The Morgan fingerprint density at radius 2 is 1.74 bits per heavy atom. The van der Waals surface area contributed by atoms with Crippen LogP contribution >= 0.6 is 24.0 Å². The van der Waals surface area contributed by atoms with E-state index in [0.29, 0.717) is 23.0 Å². The largest absolute Gasteiger partial charge is 0.399 e. The van der Waals surface area contributed by atoms with Gasteiger partial charge in [0.2, 0.25) is 5.91 Å². The molecule has 0 aliphatic heterocycles. The van der Waals surface area contributed by atoms with Gasteiger partial charge in [0.15, 0.2) is 0 Å². The maximum Gasteiger partial charge on any atom is 0.224 e. The van der Waals surface area contributed by atoms with E-state index in [-0.39, 0.29) is 24.4 Å². The SMILES string of the molecule is Cl.Nc1ccc(CC(=O)NC(c2ccc(Cl)cc2)C2CC2)cc1. The molecule has 0 saturated heterocycles. The molecule has 3 nitrogen and oxygen atoms in total. The van der Waals surface area contributed by atoms with E-state index in [2.05, 4.69) is 5.32 Å². The van der Waals surface area contributed by atoms with E-state index in [4.69, 9.17) is 17.3 Å². The number of carbonyl (C=O) groups excluding carboxylic acids is 1. The summed E-state index contributed by atoms with van der Waals surface area (Å²) in [6.45, 7) is 0. The number of nitrogen functional groups attached to an aromatic ring is 1. The molecule has 2 aromatic rings. The second-order valence-corrected chi connectivity index (χ2v) is 6.29. The average Bonchev–Trinajstić information content (AvgIpc) is 3.33. The summed E-state index contributed by atoms with van der Waals surface area (Å²) < 4.78 is 0. The summed E-state index contributed by atoms with van der Waals surface area (Å²) in [6.07, 6.45) is 2.70. The topological polar surface area (TPSA) is 55.1 Å². The first-order chi connectivity index (χ1) is 10.6. The van der Waals surface area contributed by atoms with Gasteiger partial charge in [-0.3, -0.25) is 4.79 Å². The molecule has 3 N–H and O–H groups in total. The summed E-state index contributed by atoms with van der Waals surface area (Å²) >= 11 is 5.94. The zero-order valence-electron chi connectivity index (χ0n) is 12.7. The Morgan fingerprint density at radius 1 is 1.13 bits per heavy atom. The van der Waals surface area contributed by atoms with E-state index in [0.717, 1.165) is 24.0 Å². The van der Waals surface area contributed by atoms with Gasteiger partial charge in [0, 0.05) is 10.7 Å². The Kier molecular flexibility index (Phi) is 5.91. The third kappa shape index (κ3) is 4.88. The molecule has 1 fully saturated rings. The molecule has 1 saturated carbocycles. The van der Waals surface area contributed by atoms with Crippen LogP contribution in [-0.4, -0.2) is 5.91 Å². The van der Waals surface area contributed by atoms with Crippen LogP contribution < -0.4 is 11.1 Å². The second-order valence-electron chi connectivity index (χ2n) is 5.85. The highest BCUT2D eigenvalue weighted by Crippen LogP contribution is 2.41. The first-order valence-electron chi connectivity index (χ1n) is 7.51. The van der Waals surface area contributed by atoms with Crippen molar-refractivity contribution in [2.75, 3.05) is 5.73 Å². The minimum atomic E-state index is 0. The minimum Gasteiger partial charge on any atom is -0.399 e. The molecule has 0 heterocycles. The number of hydrogen-bond donors (Lipinski definition) is 2. The first kappa shape index (κ1) is 17.6. The number of amides is 1. The summed E-state index contributed by atoms with van der Waals surface area (Å²) in [5.41, 5.74) is 8.46. The number of nitrogens with two attached hydrogens (primary N) is 1. The van der Waals surface area contributed by atoms with Crippen molar-refractivity contribution in [1.29, 1.82) is 0 Å². The lowest BCUT2D eigenvalue weighted by atomic mass is 10.0. The monoisotopic (exact) mass is 350 g/mol. The third-order valence-electron chi connectivity index (χ3n) is 3.98. The van der Waals surface area contributed by atoms with Crippen molar-refractivity contribution < 1.29 is 4.79 Å². The quantitative estimate of drug-likeness (QED) is 0.795. The molecule has 1 amide bonds. The molecule has 0 radical (unpaired) electrons. The molecule has 1 aliphatic rings. The van der Waals surface area contributed by atoms with E-state index in [1.807, 2.05) is 48.5 Å². The van der Waals surface area contributed by atoms with Crippen LogP contribution in [0.3, 0.4) is 0 Å². The molecular formula is C18H20Cl2N2O. The van der Waals surface area contributed by atoms with Crippen LogP contribution in [0.2, 0.25) is 5.02 Å². The molecule has 122 valence electrons. The Hall–Kier alpha value is -1.71. The summed E-state index contributed by atoms with van der Waals surface area (Å²) in [5, 5.41) is 3.88. The molecule has 0 bridgehead atoms. The standard InChI is InChI=1S/C18H19ClN2O.ClH/c19-15-7-5-14(6-8-15)18(13-3-4-13)21-17(22)11-12-1-9-16(20)10-2-12;/h1-2,5-10,13,18H,3-4,11,20H2,(H,21,22);1H. The fraction of sp³-hybridized carbons (Fsp3) is 0.278. The molecule has 1 unspecified atom stereocenters. The molecule has 23 heavy (non-hydrogen) atoms. The molecule has 3 rings (SSSR count). The van der Waals surface area contributed by atoms with Gasteiger partial charge in [0.25, 0.3) is 0 Å². The maximum absolute atomic E-state index is 12.3. The Labute approximate surface area is 147 Å². The number of rotatable bonds is 5. The molecule has 2 aromatic carbocycles. The van der Waals surface area contributed by atoms with Gasteiger partial charge >= 0.3 is 0 Å². The number of halogens is 2. The molecular weight excluding hydrogens is 331 g/mol. The predicted octanol–water partition coefficient (Wildman–Crippen LogP) is 4.15. The van der Waals surface area contributed by atoms with Gasteiger partial charge in [-0.25, -0.2) is 0 Å². The lowest BCUT2D eigenvalue weighted by molar-refractivity contribution is -0.121. The number of hydrogen-bond acceptors (Lipinski definition) is 2. The van der Waals surface area contributed by atoms with Crippen LogP contribution in [-0.2, 0) is 11.2 Å². The number of nitrogens with one attached hydrogen (secondary N) is 1. The highest BCUT2D eigenvalue weighted by atomic mass is 35.5. The number of anilines is 1. The zero-order valence-corrected chi connectivity index (χ0v) is 14.2. The van der Waals surface area contributed by atoms with Crippen LogP contribution in [0.15, 0.2) is 48.5 Å². The van der Waals surface area contributed by atoms with Crippen molar-refractivity contribution in [3.05, 3.63) is 64.7 Å². The molecule has 5 heteroatoms. The predicted molar refractivity (Wildman–Crippen MR) is 96.9 cm³/mol. The second kappa shape index (κ2) is 7.71. The fourth-order valence-electron chi connectivity index (χ4n) is 2.62. The van der Waals surface area contributed by atoms with Gasteiger partial charge in [-0.2, -0.15) is 0 Å². The highest BCUT2D eigenvalue weighted by molar-refractivity contribution is 6.30. The molecule has 0 spiro atoms. The van der Waals surface area contributed by atoms with Crippen LogP contribution in [0.25, 0.3) is 0 Å². The van der Waals surface area contributed by atoms with Gasteiger partial charge in [-0.05, 0) is 54.2 Å². The summed E-state index contributed by atoms with van der Waals surface area (Å²) in [4.78, 5) is 12.3. The number of carbonyl (C=O) groups is 1. The van der Waals surface area contributed by atoms with Gasteiger partial charge in [-0.15, -0.1) is 12.4 Å². The number of benzene rings is 2. The van der Waals surface area contributed by atoms with Crippen molar-refractivity contribution in [3.63, 3.8) is 0 Å². The lowest BCUT2D eigenvalue weighted by Crippen LogP contribution is -2.31. The first-order valence-corrected chi connectivity index (χ1v) is 7.89. The molecule has 0 aromatic heterocycles. The minimum absolute atomic E-state index is 0. The van der Waals surface area contributed by atoms with Gasteiger partial charge in [0.1, 0.15) is 0 Å². The summed E-state index contributed by atoms with van der Waals surface area (Å²) in [5.74, 6) is 0.577. The maximum atomic E-state index is 12.3. The van der Waals surface area contributed by atoms with E-state index in [9.17, 15) is 4.79 Å². The van der Waals surface area contributed by atoms with Gasteiger partial charge < -0.3 is 11.1 Å². The summed E-state index contributed by atoms with van der Waals surface area (Å²) in [6, 6.07) is 15.2. The van der Waals surface area contributed by atoms with Gasteiger partial charge in [0.05, 0.1) is 12.5 Å². The van der Waals surface area contributed by atoms with E-state index >= 15 is 0 Å². The Morgan fingerprint density at radius 3 is 2.30 bits per heavy atom. The van der Waals surface area contributed by atoms with Crippen molar-refractivity contribution in [2.24, 2.45) is 5.92 Å². The van der Waals surface area contributed by atoms with Crippen molar-refractivity contribution in [2.45, 2.75) is 25.3 Å². The van der Waals surface area contributed by atoms with Crippen LogP contribution in [0.4, 0.5) is 5.69 Å². The van der Waals surface area contributed by atoms with Crippen molar-refractivity contribution >= 4 is 35.6 Å². The van der Waals surface area contributed by atoms with E-state index in [1.54, 1.807) is 0 Å². The average molecular weight is 351 g/mol. The smallest absolute Gasteiger partial charge is 0.224 e. The molecule has 1 aliphatic carbocycles. The zero-order chi connectivity index (χ0) is 15.5. The van der Waals surface area contributed by atoms with E-state index < -0.39 is 0 Å². The fourth-order valence-corrected chi connectivity index (χ4v) is 2.74. The van der Waals surface area contributed by atoms with Crippen LogP contribution in [0.5, 0.6) is 0 Å². The molecule has 1 atom stereocenters. The third-order valence-corrected chi connectivity index (χ3v) is 4.24. The Balaban J connectivity index is 0.00000192. The van der Waals surface area contributed by atoms with Crippen LogP contribution in [0, 0.1) is 5.92 Å². The normalized spacial score (nSPS) is 14.7. The highest BCUT2D eigenvalue weighted by Gasteiger charge is 2.33. The van der Waals surface area contributed by atoms with E-state index in [1.165, 1.54) is 0 Å². The van der Waals surface area contributed by atoms with Crippen molar-refractivity contribution in [1.82, 2.24) is 5.32 Å². The van der Waals surface area contributed by atoms with Gasteiger partial charge in [-0.1, -0.05) is 35.9 Å². The lowest BCUT2D eigenvalue weighted by Gasteiger charge is -2.19. The van der Waals surface area contributed by atoms with Crippen LogP contribution in [0.1, 0.15) is 30.0 Å².